The van der Waals surface area contributed by atoms with Gasteiger partial charge in [0.2, 0.25) is 0 Å². The van der Waals surface area contributed by atoms with Crippen LogP contribution in [0.2, 0.25) is 0 Å². The zero-order chi connectivity index (χ0) is 18.8. The Labute approximate surface area is 160 Å². The third kappa shape index (κ3) is 7.21. The summed E-state index contributed by atoms with van der Waals surface area (Å²) in [4.78, 5) is 0. The maximum atomic E-state index is 5.84. The van der Waals surface area contributed by atoms with E-state index in [1.165, 1.54) is 30.4 Å². The number of rotatable bonds is 10. The first-order valence-corrected chi connectivity index (χ1v) is 9.97. The SMILES string of the molecule is CCC(CCNCCOc1ccc(C(C)(C)C)cc1)Cc1ccccc1. The van der Waals surface area contributed by atoms with Crippen LogP contribution < -0.4 is 10.1 Å². The quantitative estimate of drug-likeness (QED) is 0.560. The lowest BCUT2D eigenvalue weighted by atomic mass is 9.87. The Morgan fingerprint density at radius 1 is 0.923 bits per heavy atom. The van der Waals surface area contributed by atoms with Crippen LogP contribution in [0.15, 0.2) is 54.6 Å². The molecule has 0 saturated carbocycles. The van der Waals surface area contributed by atoms with Crippen LogP contribution in [-0.4, -0.2) is 19.7 Å². The Hall–Kier alpha value is -1.80. The summed E-state index contributed by atoms with van der Waals surface area (Å²) in [5.41, 5.74) is 2.98. The van der Waals surface area contributed by atoms with Crippen LogP contribution in [0.4, 0.5) is 0 Å². The molecule has 2 aromatic rings. The van der Waals surface area contributed by atoms with Gasteiger partial charge in [-0.2, -0.15) is 0 Å². The highest BCUT2D eigenvalue weighted by atomic mass is 16.5. The summed E-state index contributed by atoms with van der Waals surface area (Å²) in [5, 5.41) is 3.52. The van der Waals surface area contributed by atoms with Gasteiger partial charge < -0.3 is 10.1 Å². The van der Waals surface area contributed by atoms with Crippen LogP contribution in [-0.2, 0) is 11.8 Å². The molecule has 0 fully saturated rings. The number of hydrogen-bond donors (Lipinski definition) is 1. The average Bonchev–Trinajstić information content (AvgIpc) is 2.64. The Morgan fingerprint density at radius 3 is 2.23 bits per heavy atom. The molecule has 2 aromatic carbocycles. The normalized spacial score (nSPS) is 12.8. The van der Waals surface area contributed by atoms with Crippen molar-refractivity contribution in [1.29, 1.82) is 0 Å². The molecule has 1 N–H and O–H groups in total. The molecule has 0 saturated heterocycles. The zero-order valence-corrected chi connectivity index (χ0v) is 16.9. The van der Waals surface area contributed by atoms with Gasteiger partial charge in [0.1, 0.15) is 12.4 Å². The van der Waals surface area contributed by atoms with Crippen LogP contribution in [0.25, 0.3) is 0 Å². The van der Waals surface area contributed by atoms with Gasteiger partial charge in [-0.1, -0.05) is 76.6 Å². The fraction of sp³-hybridized carbons (Fsp3) is 0.500. The number of nitrogens with one attached hydrogen (secondary N) is 1. The first kappa shape index (κ1) is 20.5. The van der Waals surface area contributed by atoms with Crippen molar-refractivity contribution in [3.8, 4) is 5.75 Å². The van der Waals surface area contributed by atoms with Crippen molar-refractivity contribution >= 4 is 0 Å². The highest BCUT2D eigenvalue weighted by Gasteiger charge is 2.12. The second-order valence-electron chi connectivity index (χ2n) is 8.13. The summed E-state index contributed by atoms with van der Waals surface area (Å²) in [6.45, 7) is 11.6. The summed E-state index contributed by atoms with van der Waals surface area (Å²) >= 11 is 0. The molecule has 0 amide bonds. The van der Waals surface area contributed by atoms with Crippen molar-refractivity contribution in [2.75, 3.05) is 19.7 Å². The minimum Gasteiger partial charge on any atom is -0.492 e. The fourth-order valence-electron chi connectivity index (χ4n) is 3.12. The van der Waals surface area contributed by atoms with Gasteiger partial charge in [0.15, 0.2) is 0 Å². The van der Waals surface area contributed by atoms with E-state index in [-0.39, 0.29) is 5.41 Å². The molecular weight excluding hydrogens is 318 g/mol. The second kappa shape index (κ2) is 10.4. The van der Waals surface area contributed by atoms with E-state index in [0.717, 1.165) is 24.8 Å². The minimum absolute atomic E-state index is 0.190. The van der Waals surface area contributed by atoms with Gasteiger partial charge in [0.05, 0.1) is 0 Å². The molecule has 0 aromatic heterocycles. The molecule has 1 unspecified atom stereocenters. The van der Waals surface area contributed by atoms with E-state index >= 15 is 0 Å². The van der Waals surface area contributed by atoms with Crippen LogP contribution >= 0.6 is 0 Å². The van der Waals surface area contributed by atoms with Gasteiger partial charge in [-0.05, 0) is 54.0 Å². The van der Waals surface area contributed by atoms with E-state index in [0.29, 0.717) is 6.61 Å². The van der Waals surface area contributed by atoms with Crippen molar-refractivity contribution in [1.82, 2.24) is 5.32 Å². The zero-order valence-electron chi connectivity index (χ0n) is 16.9. The van der Waals surface area contributed by atoms with Crippen molar-refractivity contribution in [2.24, 2.45) is 5.92 Å². The van der Waals surface area contributed by atoms with Gasteiger partial charge in [0.25, 0.3) is 0 Å². The molecule has 0 aliphatic rings. The minimum atomic E-state index is 0.190. The summed E-state index contributed by atoms with van der Waals surface area (Å²) in [7, 11) is 0. The van der Waals surface area contributed by atoms with Gasteiger partial charge in [-0.3, -0.25) is 0 Å². The second-order valence-corrected chi connectivity index (χ2v) is 8.13. The van der Waals surface area contributed by atoms with Crippen molar-refractivity contribution < 1.29 is 4.74 Å². The summed E-state index contributed by atoms with van der Waals surface area (Å²) in [6, 6.07) is 19.3. The van der Waals surface area contributed by atoms with Crippen LogP contribution in [0.3, 0.4) is 0 Å². The Morgan fingerprint density at radius 2 is 1.62 bits per heavy atom. The van der Waals surface area contributed by atoms with E-state index in [2.05, 4.69) is 87.6 Å². The molecule has 2 heteroatoms. The third-order valence-corrected chi connectivity index (χ3v) is 4.94. The van der Waals surface area contributed by atoms with Gasteiger partial charge >= 0.3 is 0 Å². The average molecular weight is 354 g/mol. The van der Waals surface area contributed by atoms with Gasteiger partial charge in [-0.15, -0.1) is 0 Å². The number of ether oxygens (including phenoxy) is 1. The lowest BCUT2D eigenvalue weighted by molar-refractivity contribution is 0.310. The molecule has 0 bridgehead atoms. The smallest absolute Gasteiger partial charge is 0.119 e. The highest BCUT2D eigenvalue weighted by molar-refractivity contribution is 5.31. The first-order valence-electron chi connectivity index (χ1n) is 9.97. The van der Waals surface area contributed by atoms with Gasteiger partial charge in [-0.25, -0.2) is 0 Å². The maximum Gasteiger partial charge on any atom is 0.119 e. The van der Waals surface area contributed by atoms with Gasteiger partial charge in [0, 0.05) is 6.54 Å². The Kier molecular flexibility index (Phi) is 8.18. The highest BCUT2D eigenvalue weighted by Crippen LogP contribution is 2.24. The van der Waals surface area contributed by atoms with Crippen molar-refractivity contribution in [3.05, 3.63) is 65.7 Å². The largest absolute Gasteiger partial charge is 0.492 e. The molecule has 142 valence electrons. The Bertz CT molecular complexity index is 613. The first-order chi connectivity index (χ1) is 12.5. The number of benzene rings is 2. The molecule has 0 aliphatic heterocycles. The molecule has 0 radical (unpaired) electrons. The van der Waals surface area contributed by atoms with E-state index < -0.39 is 0 Å². The van der Waals surface area contributed by atoms with E-state index in [4.69, 9.17) is 4.74 Å². The van der Waals surface area contributed by atoms with E-state index in [1.807, 2.05) is 0 Å². The molecule has 0 heterocycles. The summed E-state index contributed by atoms with van der Waals surface area (Å²) in [5.74, 6) is 1.70. The third-order valence-electron chi connectivity index (χ3n) is 4.94. The molecule has 26 heavy (non-hydrogen) atoms. The lowest BCUT2D eigenvalue weighted by Crippen LogP contribution is -2.24. The summed E-state index contributed by atoms with van der Waals surface area (Å²) < 4.78 is 5.84. The van der Waals surface area contributed by atoms with Crippen molar-refractivity contribution in [3.63, 3.8) is 0 Å². The van der Waals surface area contributed by atoms with E-state index in [1.54, 1.807) is 0 Å². The molecule has 0 spiro atoms. The Balaban J connectivity index is 1.61. The van der Waals surface area contributed by atoms with Crippen LogP contribution in [0.5, 0.6) is 5.75 Å². The predicted molar refractivity (Wildman–Crippen MR) is 112 cm³/mol. The monoisotopic (exact) mass is 353 g/mol. The number of hydrogen-bond acceptors (Lipinski definition) is 2. The van der Waals surface area contributed by atoms with Crippen LogP contribution in [0, 0.1) is 5.92 Å². The van der Waals surface area contributed by atoms with Crippen molar-refractivity contribution in [2.45, 2.75) is 52.4 Å². The fourth-order valence-corrected chi connectivity index (χ4v) is 3.12. The summed E-state index contributed by atoms with van der Waals surface area (Å²) in [6.07, 6.45) is 3.62. The molecular formula is C24H35NO. The predicted octanol–water partition coefficient (Wildman–Crippen LogP) is 5.61. The maximum absolute atomic E-state index is 5.84. The standard InChI is InChI=1S/C24H35NO/c1-5-20(19-21-9-7-6-8-10-21)15-16-25-17-18-26-23-13-11-22(12-14-23)24(2,3)4/h6-14,20,25H,5,15-19H2,1-4H3. The molecule has 2 rings (SSSR count). The van der Waals surface area contributed by atoms with E-state index in [9.17, 15) is 0 Å². The topological polar surface area (TPSA) is 21.3 Å². The lowest BCUT2D eigenvalue weighted by Gasteiger charge is -2.19. The molecule has 2 nitrogen and oxygen atoms in total. The van der Waals surface area contributed by atoms with Crippen LogP contribution in [0.1, 0.15) is 51.7 Å². The molecule has 1 atom stereocenters. The molecule has 0 aliphatic carbocycles.